The number of ether oxygens (including phenoxy) is 1. The summed E-state index contributed by atoms with van der Waals surface area (Å²) in [5.41, 5.74) is 1.62. The van der Waals surface area contributed by atoms with Gasteiger partial charge < -0.3 is 15.0 Å². The molecule has 0 aromatic heterocycles. The van der Waals surface area contributed by atoms with Gasteiger partial charge in [-0.15, -0.1) is 0 Å². The molecule has 0 saturated carbocycles. The summed E-state index contributed by atoms with van der Waals surface area (Å²) in [4.78, 5) is 38.2. The zero-order chi connectivity index (χ0) is 20.7. The van der Waals surface area contributed by atoms with Crippen LogP contribution < -0.4 is 5.32 Å². The molecule has 1 heterocycles. The van der Waals surface area contributed by atoms with E-state index in [1.54, 1.807) is 12.1 Å². The van der Waals surface area contributed by atoms with E-state index in [9.17, 15) is 14.4 Å². The van der Waals surface area contributed by atoms with Crippen molar-refractivity contribution in [3.05, 3.63) is 35.4 Å². The number of carbonyl (C=O) groups excluding carboxylic acids is 3. The normalized spacial score (nSPS) is 17.1. The highest BCUT2D eigenvalue weighted by atomic mass is 16.5. The maximum atomic E-state index is 12.3. The summed E-state index contributed by atoms with van der Waals surface area (Å²) in [6.45, 7) is 8.56. The van der Waals surface area contributed by atoms with Crippen molar-refractivity contribution in [2.45, 2.75) is 64.8 Å². The molecule has 0 bridgehead atoms. The molecule has 1 aliphatic heterocycles. The molecule has 0 aliphatic carbocycles. The molecule has 1 aromatic rings. The summed E-state index contributed by atoms with van der Waals surface area (Å²) in [6.07, 6.45) is 4.02. The molecule has 6 nitrogen and oxygen atoms in total. The van der Waals surface area contributed by atoms with Gasteiger partial charge in [0.15, 0.2) is 6.61 Å². The fraction of sp³-hybridized carbons (Fsp3) is 0.591. The molecule has 0 radical (unpaired) electrons. The first-order valence-corrected chi connectivity index (χ1v) is 10.1. The third kappa shape index (κ3) is 6.08. The first-order chi connectivity index (χ1) is 13.2. The zero-order valence-electron chi connectivity index (χ0n) is 17.4. The van der Waals surface area contributed by atoms with Gasteiger partial charge in [0.2, 0.25) is 0 Å². The Balaban J connectivity index is 1.77. The van der Waals surface area contributed by atoms with E-state index in [4.69, 9.17) is 4.74 Å². The van der Waals surface area contributed by atoms with Crippen molar-refractivity contribution < 1.29 is 19.1 Å². The number of hydrogen-bond acceptors (Lipinski definition) is 4. The van der Waals surface area contributed by atoms with Gasteiger partial charge in [-0.2, -0.15) is 0 Å². The fourth-order valence-electron chi connectivity index (χ4n) is 3.41. The molecule has 1 atom stereocenters. The molecule has 1 aromatic carbocycles. The summed E-state index contributed by atoms with van der Waals surface area (Å²) < 4.78 is 5.06. The van der Waals surface area contributed by atoms with Crippen LogP contribution in [-0.2, 0) is 19.7 Å². The number of esters is 1. The Bertz CT molecular complexity index is 691. The van der Waals surface area contributed by atoms with E-state index in [1.807, 2.05) is 17.0 Å². The van der Waals surface area contributed by atoms with Crippen LogP contribution in [0.15, 0.2) is 24.3 Å². The van der Waals surface area contributed by atoms with E-state index in [2.05, 4.69) is 33.0 Å². The maximum Gasteiger partial charge on any atom is 0.325 e. The van der Waals surface area contributed by atoms with Gasteiger partial charge in [-0.1, -0.05) is 39.8 Å². The summed E-state index contributed by atoms with van der Waals surface area (Å²) in [5, 5.41) is 2.54. The van der Waals surface area contributed by atoms with Gasteiger partial charge in [-0.25, -0.2) is 0 Å². The van der Waals surface area contributed by atoms with E-state index < -0.39 is 5.97 Å². The second kappa shape index (κ2) is 9.71. The van der Waals surface area contributed by atoms with Crippen LogP contribution in [0.5, 0.6) is 0 Å². The summed E-state index contributed by atoms with van der Waals surface area (Å²) in [6, 6.07) is 7.54. The van der Waals surface area contributed by atoms with Crippen molar-refractivity contribution in [3.8, 4) is 0 Å². The quantitative estimate of drug-likeness (QED) is 0.760. The van der Waals surface area contributed by atoms with Crippen molar-refractivity contribution in [3.63, 3.8) is 0 Å². The monoisotopic (exact) mass is 388 g/mol. The van der Waals surface area contributed by atoms with E-state index in [0.29, 0.717) is 5.56 Å². The van der Waals surface area contributed by atoms with Gasteiger partial charge in [0.1, 0.15) is 6.54 Å². The number of piperidine rings is 1. The zero-order valence-corrected chi connectivity index (χ0v) is 17.4. The third-order valence-electron chi connectivity index (χ3n) is 5.18. The highest BCUT2D eigenvalue weighted by Crippen LogP contribution is 2.22. The number of carbonyl (C=O) groups is 3. The Labute approximate surface area is 167 Å². The molecule has 28 heavy (non-hydrogen) atoms. The lowest BCUT2D eigenvalue weighted by Crippen LogP contribution is -2.45. The van der Waals surface area contributed by atoms with E-state index in [0.717, 1.165) is 37.8 Å². The molecule has 154 valence electrons. The molecular formula is C22H32N2O4. The molecule has 2 amide bonds. The molecule has 1 aliphatic rings. The number of amides is 2. The van der Waals surface area contributed by atoms with Crippen LogP contribution in [0.1, 0.15) is 69.3 Å². The summed E-state index contributed by atoms with van der Waals surface area (Å²) in [7, 11) is 0. The standard InChI is InChI=1S/C22H32N2O4/c1-5-18-8-6-7-13-24(18)19(25)15-28-20(26)14-23-21(27)16-9-11-17(12-10-16)22(2,3)4/h9-12,18H,5-8,13-15H2,1-4H3,(H,23,27)/t18-/m0/s1. The van der Waals surface area contributed by atoms with Crippen LogP contribution in [0, 0.1) is 0 Å². The fourth-order valence-corrected chi connectivity index (χ4v) is 3.41. The van der Waals surface area contributed by atoms with Crippen molar-refractivity contribution in [1.82, 2.24) is 10.2 Å². The van der Waals surface area contributed by atoms with Gasteiger partial charge in [0, 0.05) is 18.2 Å². The minimum absolute atomic E-state index is 0.0104. The van der Waals surface area contributed by atoms with E-state index >= 15 is 0 Å². The van der Waals surface area contributed by atoms with Crippen LogP contribution in [-0.4, -0.2) is 48.4 Å². The molecular weight excluding hydrogens is 356 g/mol. The molecule has 2 rings (SSSR count). The lowest BCUT2D eigenvalue weighted by atomic mass is 9.87. The molecule has 1 N–H and O–H groups in total. The van der Waals surface area contributed by atoms with E-state index in [-0.39, 0.29) is 36.4 Å². The molecule has 0 unspecified atom stereocenters. The summed E-state index contributed by atoms with van der Waals surface area (Å²) >= 11 is 0. The van der Waals surface area contributed by atoms with Gasteiger partial charge in [0.05, 0.1) is 0 Å². The van der Waals surface area contributed by atoms with Gasteiger partial charge in [0.25, 0.3) is 11.8 Å². The van der Waals surface area contributed by atoms with Gasteiger partial charge in [-0.05, 0) is 48.8 Å². The SMILES string of the molecule is CC[C@H]1CCCCN1C(=O)COC(=O)CNC(=O)c1ccc(C(C)(C)C)cc1. The average Bonchev–Trinajstić information content (AvgIpc) is 2.69. The average molecular weight is 389 g/mol. The highest BCUT2D eigenvalue weighted by molar-refractivity contribution is 5.96. The second-order valence-electron chi connectivity index (χ2n) is 8.32. The lowest BCUT2D eigenvalue weighted by Gasteiger charge is -2.35. The summed E-state index contributed by atoms with van der Waals surface area (Å²) in [5.74, 6) is -1.12. The van der Waals surface area contributed by atoms with Crippen molar-refractivity contribution in [2.75, 3.05) is 19.7 Å². The number of rotatable bonds is 6. The first kappa shape index (κ1) is 21.9. The van der Waals surface area contributed by atoms with Crippen molar-refractivity contribution in [2.24, 2.45) is 0 Å². The predicted molar refractivity (Wildman–Crippen MR) is 108 cm³/mol. The Hall–Kier alpha value is -2.37. The van der Waals surface area contributed by atoms with Crippen LogP contribution in [0.25, 0.3) is 0 Å². The van der Waals surface area contributed by atoms with Crippen LogP contribution >= 0.6 is 0 Å². The number of nitrogens with zero attached hydrogens (tertiary/aromatic N) is 1. The predicted octanol–water partition coefficient (Wildman–Crippen LogP) is 3.05. The Kier molecular flexibility index (Phi) is 7.61. The van der Waals surface area contributed by atoms with Crippen molar-refractivity contribution >= 4 is 17.8 Å². The maximum absolute atomic E-state index is 12.3. The minimum atomic E-state index is -0.613. The third-order valence-corrected chi connectivity index (χ3v) is 5.18. The molecule has 1 fully saturated rings. The van der Waals surface area contributed by atoms with Gasteiger partial charge in [-0.3, -0.25) is 14.4 Å². The molecule has 0 spiro atoms. The van der Waals surface area contributed by atoms with Crippen molar-refractivity contribution in [1.29, 1.82) is 0 Å². The number of benzene rings is 1. The lowest BCUT2D eigenvalue weighted by molar-refractivity contribution is -0.152. The highest BCUT2D eigenvalue weighted by Gasteiger charge is 2.26. The Morgan fingerprint density at radius 1 is 1.14 bits per heavy atom. The number of nitrogens with one attached hydrogen (secondary N) is 1. The molecule has 6 heteroatoms. The molecule has 1 saturated heterocycles. The van der Waals surface area contributed by atoms with Crippen LogP contribution in [0.3, 0.4) is 0 Å². The van der Waals surface area contributed by atoms with Crippen LogP contribution in [0.4, 0.5) is 0 Å². The largest absolute Gasteiger partial charge is 0.454 e. The smallest absolute Gasteiger partial charge is 0.325 e. The number of hydrogen-bond donors (Lipinski definition) is 1. The Morgan fingerprint density at radius 2 is 1.82 bits per heavy atom. The van der Waals surface area contributed by atoms with Gasteiger partial charge >= 0.3 is 5.97 Å². The van der Waals surface area contributed by atoms with Crippen LogP contribution in [0.2, 0.25) is 0 Å². The minimum Gasteiger partial charge on any atom is -0.454 e. The number of likely N-dealkylation sites (tertiary alicyclic amines) is 1. The Morgan fingerprint density at radius 3 is 2.43 bits per heavy atom. The second-order valence-corrected chi connectivity index (χ2v) is 8.32. The first-order valence-electron chi connectivity index (χ1n) is 10.1. The topological polar surface area (TPSA) is 75.7 Å². The van der Waals surface area contributed by atoms with E-state index in [1.165, 1.54) is 0 Å².